The Labute approximate surface area is 101 Å². The van der Waals surface area contributed by atoms with Crippen LogP contribution in [0.25, 0.3) is 0 Å². The third-order valence-corrected chi connectivity index (χ3v) is 3.33. The van der Waals surface area contributed by atoms with E-state index in [0.717, 1.165) is 0 Å². The Balaban J connectivity index is 1.96. The maximum atomic E-state index is 5.62. The van der Waals surface area contributed by atoms with Crippen molar-refractivity contribution in [1.82, 2.24) is 10.2 Å². The van der Waals surface area contributed by atoms with Gasteiger partial charge in [-0.25, -0.2) is 0 Å². The van der Waals surface area contributed by atoms with E-state index < -0.39 is 0 Å². The number of nitrogens with one attached hydrogen (secondary N) is 1. The Morgan fingerprint density at radius 2 is 2.06 bits per heavy atom. The molecule has 2 rings (SSSR count). The zero-order valence-corrected chi connectivity index (χ0v) is 10.4. The van der Waals surface area contributed by atoms with Gasteiger partial charge in [-0.15, -0.1) is 16.7 Å². The van der Waals surface area contributed by atoms with Crippen molar-refractivity contribution in [1.29, 1.82) is 0 Å². The van der Waals surface area contributed by atoms with Gasteiger partial charge in [-0.05, 0) is 19.8 Å². The van der Waals surface area contributed by atoms with Crippen LogP contribution in [0.4, 0.5) is 6.01 Å². The van der Waals surface area contributed by atoms with Gasteiger partial charge in [0.2, 0.25) is 5.89 Å². The number of aromatic nitrogens is 2. The van der Waals surface area contributed by atoms with E-state index in [9.17, 15) is 0 Å². The number of hydrogen-bond donors (Lipinski definition) is 1. The predicted octanol–water partition coefficient (Wildman–Crippen LogP) is 2.99. The summed E-state index contributed by atoms with van der Waals surface area (Å²) in [6.07, 6.45) is 6.84. The van der Waals surface area contributed by atoms with Crippen molar-refractivity contribution in [3.63, 3.8) is 0 Å². The van der Waals surface area contributed by atoms with Crippen molar-refractivity contribution in [2.75, 3.05) is 11.2 Å². The van der Waals surface area contributed by atoms with Gasteiger partial charge in [0.25, 0.3) is 0 Å². The molecule has 1 heterocycles. The summed E-state index contributed by atoms with van der Waals surface area (Å²) >= 11 is 5.62. The van der Waals surface area contributed by atoms with Gasteiger partial charge in [0.1, 0.15) is 0 Å². The van der Waals surface area contributed by atoms with Gasteiger partial charge < -0.3 is 9.73 Å². The third-order valence-electron chi connectivity index (χ3n) is 3.14. The first-order valence-corrected chi connectivity index (χ1v) is 6.42. The first-order valence-electron chi connectivity index (χ1n) is 5.88. The normalized spacial score (nSPS) is 19.6. The molecule has 90 valence electrons. The van der Waals surface area contributed by atoms with E-state index in [2.05, 4.69) is 22.4 Å². The fraction of sp³-hybridized carbons (Fsp3) is 0.818. The number of rotatable bonds is 4. The van der Waals surface area contributed by atoms with Crippen LogP contribution in [0.2, 0.25) is 0 Å². The summed E-state index contributed by atoms with van der Waals surface area (Å²) in [5, 5.41) is 11.3. The van der Waals surface area contributed by atoms with Crippen molar-refractivity contribution < 1.29 is 4.42 Å². The molecule has 16 heavy (non-hydrogen) atoms. The maximum absolute atomic E-state index is 5.62. The highest BCUT2D eigenvalue weighted by molar-refractivity contribution is 6.17. The van der Waals surface area contributed by atoms with Gasteiger partial charge in [-0.3, -0.25) is 0 Å². The first-order chi connectivity index (χ1) is 7.72. The summed E-state index contributed by atoms with van der Waals surface area (Å²) in [5.74, 6) is 1.12. The monoisotopic (exact) mass is 243 g/mol. The second-order valence-electron chi connectivity index (χ2n) is 4.69. The Morgan fingerprint density at radius 1 is 1.31 bits per heavy atom. The predicted molar refractivity (Wildman–Crippen MR) is 63.8 cm³/mol. The average Bonchev–Trinajstić information content (AvgIpc) is 2.66. The number of halogens is 1. The van der Waals surface area contributed by atoms with Gasteiger partial charge in [0, 0.05) is 17.8 Å². The van der Waals surface area contributed by atoms with Gasteiger partial charge in [-0.1, -0.05) is 24.4 Å². The van der Waals surface area contributed by atoms with Crippen LogP contribution in [-0.4, -0.2) is 21.6 Å². The molecule has 1 aliphatic rings. The van der Waals surface area contributed by atoms with Crippen LogP contribution < -0.4 is 5.32 Å². The van der Waals surface area contributed by atoms with Gasteiger partial charge in [-0.2, -0.15) is 0 Å². The molecule has 0 unspecified atom stereocenters. The SMILES string of the molecule is CC1(Nc2nnc(CCCl)o2)CCCCC1. The molecule has 1 fully saturated rings. The Hall–Kier alpha value is -0.770. The molecular weight excluding hydrogens is 226 g/mol. The van der Waals surface area contributed by atoms with E-state index in [0.29, 0.717) is 24.2 Å². The lowest BCUT2D eigenvalue weighted by Crippen LogP contribution is -2.36. The topological polar surface area (TPSA) is 51.0 Å². The molecule has 1 saturated carbocycles. The van der Waals surface area contributed by atoms with Crippen LogP contribution in [0.3, 0.4) is 0 Å². The van der Waals surface area contributed by atoms with Gasteiger partial charge in [0.15, 0.2) is 0 Å². The van der Waals surface area contributed by atoms with Crippen LogP contribution >= 0.6 is 11.6 Å². The van der Waals surface area contributed by atoms with Crippen LogP contribution in [-0.2, 0) is 6.42 Å². The lowest BCUT2D eigenvalue weighted by Gasteiger charge is -2.33. The molecule has 0 aromatic carbocycles. The van der Waals surface area contributed by atoms with Crippen LogP contribution in [0.1, 0.15) is 44.9 Å². The number of hydrogen-bond acceptors (Lipinski definition) is 4. The van der Waals surface area contributed by atoms with E-state index in [1.807, 2.05) is 0 Å². The summed E-state index contributed by atoms with van der Waals surface area (Å²) in [4.78, 5) is 0. The Morgan fingerprint density at radius 3 is 2.75 bits per heavy atom. The molecule has 0 atom stereocenters. The van der Waals surface area contributed by atoms with Crippen LogP contribution in [0.15, 0.2) is 4.42 Å². The fourth-order valence-corrected chi connectivity index (χ4v) is 2.36. The molecule has 0 saturated heterocycles. The summed E-state index contributed by atoms with van der Waals surface area (Å²) in [6.45, 7) is 2.22. The largest absolute Gasteiger partial charge is 0.408 e. The molecule has 5 heteroatoms. The maximum Gasteiger partial charge on any atom is 0.315 e. The number of alkyl halides is 1. The molecule has 0 radical (unpaired) electrons. The number of anilines is 1. The molecular formula is C11H18ClN3O. The molecule has 1 aliphatic carbocycles. The first kappa shape index (κ1) is 11.7. The molecule has 1 aromatic heterocycles. The van der Waals surface area contributed by atoms with Crippen molar-refractivity contribution in [2.45, 2.75) is 51.0 Å². The van der Waals surface area contributed by atoms with Crippen molar-refractivity contribution >= 4 is 17.6 Å². The lowest BCUT2D eigenvalue weighted by atomic mass is 9.83. The Bertz CT molecular complexity index is 334. The smallest absolute Gasteiger partial charge is 0.315 e. The van der Waals surface area contributed by atoms with Gasteiger partial charge >= 0.3 is 6.01 Å². The fourth-order valence-electron chi connectivity index (χ4n) is 2.20. The molecule has 1 aromatic rings. The summed E-state index contributed by atoms with van der Waals surface area (Å²) in [7, 11) is 0. The Kier molecular flexibility index (Phi) is 3.69. The third kappa shape index (κ3) is 2.88. The van der Waals surface area contributed by atoms with E-state index in [1.165, 1.54) is 32.1 Å². The quantitative estimate of drug-likeness (QED) is 0.826. The highest BCUT2D eigenvalue weighted by Crippen LogP contribution is 2.30. The lowest BCUT2D eigenvalue weighted by molar-refractivity contribution is 0.339. The minimum absolute atomic E-state index is 0.114. The second kappa shape index (κ2) is 5.04. The molecule has 0 aliphatic heterocycles. The van der Waals surface area contributed by atoms with Gasteiger partial charge in [0.05, 0.1) is 0 Å². The van der Waals surface area contributed by atoms with E-state index >= 15 is 0 Å². The minimum atomic E-state index is 0.114. The summed E-state index contributed by atoms with van der Waals surface area (Å²) < 4.78 is 5.47. The van der Waals surface area contributed by atoms with Crippen LogP contribution in [0.5, 0.6) is 0 Å². The molecule has 0 bridgehead atoms. The van der Waals surface area contributed by atoms with E-state index in [4.69, 9.17) is 16.0 Å². The zero-order chi connectivity index (χ0) is 11.4. The van der Waals surface area contributed by atoms with Crippen molar-refractivity contribution in [2.24, 2.45) is 0 Å². The van der Waals surface area contributed by atoms with E-state index in [1.54, 1.807) is 0 Å². The molecule has 0 spiro atoms. The highest BCUT2D eigenvalue weighted by atomic mass is 35.5. The highest BCUT2D eigenvalue weighted by Gasteiger charge is 2.28. The minimum Gasteiger partial charge on any atom is -0.408 e. The molecule has 0 amide bonds. The summed E-state index contributed by atoms with van der Waals surface area (Å²) in [6, 6.07) is 0.532. The number of nitrogens with zero attached hydrogens (tertiary/aromatic N) is 2. The second-order valence-corrected chi connectivity index (χ2v) is 5.06. The standard InChI is InChI=1S/C11H18ClN3O/c1-11(6-3-2-4-7-11)13-10-15-14-9(16-10)5-8-12/h2-8H2,1H3,(H,13,15). The zero-order valence-electron chi connectivity index (χ0n) is 9.63. The number of aryl methyl sites for hydroxylation is 1. The molecule has 1 N–H and O–H groups in total. The summed E-state index contributed by atoms with van der Waals surface area (Å²) in [5.41, 5.74) is 0.114. The van der Waals surface area contributed by atoms with Crippen LogP contribution in [0, 0.1) is 0 Å². The van der Waals surface area contributed by atoms with Crippen molar-refractivity contribution in [3.05, 3.63) is 5.89 Å². The average molecular weight is 244 g/mol. The molecule has 4 nitrogen and oxygen atoms in total. The van der Waals surface area contributed by atoms with E-state index in [-0.39, 0.29) is 5.54 Å². The van der Waals surface area contributed by atoms with Crippen molar-refractivity contribution in [3.8, 4) is 0 Å².